The molecule has 4 nitrogen and oxygen atoms in total. The summed E-state index contributed by atoms with van der Waals surface area (Å²) >= 11 is 0. The minimum atomic E-state index is 0.423. The summed E-state index contributed by atoms with van der Waals surface area (Å²) in [5.74, 6) is 1.63. The zero-order valence-corrected chi connectivity index (χ0v) is 16.3. The Hall–Kier alpha value is -2.59. The lowest BCUT2D eigenvalue weighted by atomic mass is 10.0. The van der Waals surface area contributed by atoms with Crippen LogP contribution in [0.5, 0.6) is 0 Å². The van der Waals surface area contributed by atoms with Gasteiger partial charge in [0.05, 0.1) is 12.7 Å². The molecule has 2 atom stereocenters. The van der Waals surface area contributed by atoms with Gasteiger partial charge < -0.3 is 9.32 Å². The summed E-state index contributed by atoms with van der Waals surface area (Å²) < 4.78 is 6.01. The number of hydrogen-bond acceptors (Lipinski definition) is 4. The summed E-state index contributed by atoms with van der Waals surface area (Å²) in [6.45, 7) is 9.50. The van der Waals surface area contributed by atoms with Crippen LogP contribution in [0.1, 0.15) is 25.3 Å². The van der Waals surface area contributed by atoms with Crippen molar-refractivity contribution in [3.05, 3.63) is 72.2 Å². The molecule has 0 radical (unpaired) electrons. The van der Waals surface area contributed by atoms with Crippen molar-refractivity contribution < 1.29 is 4.42 Å². The fraction of sp³-hybridized carbons (Fsp3) is 0.348. The third-order valence-corrected chi connectivity index (χ3v) is 5.71. The summed E-state index contributed by atoms with van der Waals surface area (Å²) in [7, 11) is 0. The van der Waals surface area contributed by atoms with Crippen LogP contribution in [0.25, 0.3) is 11.3 Å². The highest BCUT2D eigenvalue weighted by Gasteiger charge is 2.31. The van der Waals surface area contributed by atoms with Gasteiger partial charge in [-0.1, -0.05) is 48.0 Å². The van der Waals surface area contributed by atoms with E-state index in [-0.39, 0.29) is 0 Å². The number of benzene rings is 2. The van der Waals surface area contributed by atoms with E-state index in [0.717, 1.165) is 36.8 Å². The first-order chi connectivity index (χ1) is 13.1. The van der Waals surface area contributed by atoms with Crippen molar-refractivity contribution in [2.45, 2.75) is 39.4 Å². The van der Waals surface area contributed by atoms with Gasteiger partial charge in [-0.2, -0.15) is 0 Å². The monoisotopic (exact) mass is 361 g/mol. The van der Waals surface area contributed by atoms with Gasteiger partial charge in [-0.05, 0) is 32.9 Å². The second-order valence-electron chi connectivity index (χ2n) is 7.46. The molecule has 4 heteroatoms. The van der Waals surface area contributed by atoms with Gasteiger partial charge in [-0.25, -0.2) is 4.98 Å². The lowest BCUT2D eigenvalue weighted by Crippen LogP contribution is -2.57. The van der Waals surface area contributed by atoms with Gasteiger partial charge >= 0.3 is 0 Å². The standard InChI is InChI=1S/C23H27N3O/c1-17-9-11-21(12-10-17)26-14-13-25(18(2)19(26)3)16-23-24-15-22(27-23)20-7-5-4-6-8-20/h4-12,15,18-19H,13-14,16H2,1-3H3. The van der Waals surface area contributed by atoms with Crippen molar-refractivity contribution in [3.63, 3.8) is 0 Å². The largest absolute Gasteiger partial charge is 0.439 e. The van der Waals surface area contributed by atoms with Crippen molar-refractivity contribution in [1.82, 2.24) is 9.88 Å². The highest BCUT2D eigenvalue weighted by atomic mass is 16.4. The molecule has 2 unspecified atom stereocenters. The highest BCUT2D eigenvalue weighted by Crippen LogP contribution is 2.26. The van der Waals surface area contributed by atoms with E-state index in [0.29, 0.717) is 12.1 Å². The summed E-state index contributed by atoms with van der Waals surface area (Å²) in [5.41, 5.74) is 3.68. The van der Waals surface area contributed by atoms with Gasteiger partial charge in [-0.15, -0.1) is 0 Å². The van der Waals surface area contributed by atoms with E-state index in [4.69, 9.17) is 4.42 Å². The Morgan fingerprint density at radius 2 is 1.70 bits per heavy atom. The molecule has 1 aromatic heterocycles. The minimum absolute atomic E-state index is 0.423. The molecule has 1 aliphatic rings. The molecule has 27 heavy (non-hydrogen) atoms. The number of oxazole rings is 1. The number of hydrogen-bond donors (Lipinski definition) is 0. The van der Waals surface area contributed by atoms with Crippen LogP contribution >= 0.6 is 0 Å². The van der Waals surface area contributed by atoms with Crippen LogP contribution in [-0.2, 0) is 6.54 Å². The van der Waals surface area contributed by atoms with Gasteiger partial charge in [0.15, 0.2) is 5.76 Å². The first kappa shape index (κ1) is 17.8. The van der Waals surface area contributed by atoms with Crippen molar-refractivity contribution in [2.75, 3.05) is 18.0 Å². The lowest BCUT2D eigenvalue weighted by molar-refractivity contribution is 0.137. The maximum absolute atomic E-state index is 6.01. The molecule has 4 rings (SSSR count). The number of piperazine rings is 1. The average molecular weight is 361 g/mol. The van der Waals surface area contributed by atoms with E-state index in [1.165, 1.54) is 11.3 Å². The quantitative estimate of drug-likeness (QED) is 0.671. The van der Waals surface area contributed by atoms with Crippen molar-refractivity contribution in [3.8, 4) is 11.3 Å². The second kappa shape index (κ2) is 7.57. The zero-order valence-electron chi connectivity index (χ0n) is 16.3. The molecule has 2 heterocycles. The first-order valence-corrected chi connectivity index (χ1v) is 9.69. The molecule has 1 aliphatic heterocycles. The Morgan fingerprint density at radius 3 is 2.44 bits per heavy atom. The Morgan fingerprint density at radius 1 is 0.963 bits per heavy atom. The topological polar surface area (TPSA) is 32.5 Å². The number of nitrogens with zero attached hydrogens (tertiary/aromatic N) is 3. The zero-order chi connectivity index (χ0) is 18.8. The molecule has 0 saturated carbocycles. The maximum Gasteiger partial charge on any atom is 0.209 e. The Labute approximate surface area is 161 Å². The van der Waals surface area contributed by atoms with E-state index in [2.05, 4.69) is 72.0 Å². The molecular formula is C23H27N3O. The molecule has 0 bridgehead atoms. The summed E-state index contributed by atoms with van der Waals surface area (Å²) in [6.07, 6.45) is 1.83. The summed E-state index contributed by atoms with van der Waals surface area (Å²) in [6, 6.07) is 19.9. The van der Waals surface area contributed by atoms with Gasteiger partial charge in [0.25, 0.3) is 0 Å². The molecule has 0 N–H and O–H groups in total. The smallest absolute Gasteiger partial charge is 0.209 e. The van der Waals surface area contributed by atoms with Crippen molar-refractivity contribution >= 4 is 5.69 Å². The minimum Gasteiger partial charge on any atom is -0.439 e. The number of aryl methyl sites for hydroxylation is 1. The Bertz CT molecular complexity index is 872. The fourth-order valence-electron chi connectivity index (χ4n) is 3.83. The SMILES string of the molecule is Cc1ccc(N2CCN(Cc3ncc(-c4ccccc4)o3)C(C)C2C)cc1. The molecule has 1 saturated heterocycles. The van der Waals surface area contributed by atoms with Gasteiger partial charge in [0.2, 0.25) is 5.89 Å². The molecule has 1 fully saturated rings. The van der Waals surface area contributed by atoms with Crippen molar-refractivity contribution in [2.24, 2.45) is 0 Å². The number of anilines is 1. The third-order valence-electron chi connectivity index (χ3n) is 5.71. The maximum atomic E-state index is 6.01. The molecule has 0 spiro atoms. The second-order valence-corrected chi connectivity index (χ2v) is 7.46. The van der Waals surface area contributed by atoms with E-state index < -0.39 is 0 Å². The highest BCUT2D eigenvalue weighted by molar-refractivity contribution is 5.55. The van der Waals surface area contributed by atoms with Gasteiger partial charge in [0.1, 0.15) is 0 Å². The summed E-state index contributed by atoms with van der Waals surface area (Å²) in [5, 5.41) is 0. The van der Waals surface area contributed by atoms with Crippen LogP contribution in [0.3, 0.4) is 0 Å². The average Bonchev–Trinajstić information content (AvgIpc) is 3.16. The summed E-state index contributed by atoms with van der Waals surface area (Å²) in [4.78, 5) is 9.48. The number of aromatic nitrogens is 1. The Balaban J connectivity index is 1.44. The fourth-order valence-corrected chi connectivity index (χ4v) is 3.83. The molecular weight excluding hydrogens is 334 g/mol. The lowest BCUT2D eigenvalue weighted by Gasteiger charge is -2.45. The van der Waals surface area contributed by atoms with E-state index in [1.54, 1.807) is 0 Å². The van der Waals surface area contributed by atoms with E-state index in [9.17, 15) is 0 Å². The Kier molecular flexibility index (Phi) is 4.99. The predicted octanol–water partition coefficient (Wildman–Crippen LogP) is 4.75. The molecule has 3 aromatic rings. The van der Waals surface area contributed by atoms with Crippen LogP contribution in [0.2, 0.25) is 0 Å². The molecule has 2 aromatic carbocycles. The van der Waals surface area contributed by atoms with Gasteiger partial charge in [0, 0.05) is 36.4 Å². The molecule has 0 aliphatic carbocycles. The predicted molar refractivity (Wildman–Crippen MR) is 110 cm³/mol. The van der Waals surface area contributed by atoms with Gasteiger partial charge in [-0.3, -0.25) is 4.90 Å². The van der Waals surface area contributed by atoms with Crippen molar-refractivity contribution in [1.29, 1.82) is 0 Å². The third kappa shape index (κ3) is 3.76. The van der Waals surface area contributed by atoms with Crippen LogP contribution < -0.4 is 4.90 Å². The van der Waals surface area contributed by atoms with Crippen LogP contribution in [0.15, 0.2) is 65.2 Å². The molecule has 140 valence electrons. The number of rotatable bonds is 4. The molecule has 0 amide bonds. The van der Waals surface area contributed by atoms with Crippen LogP contribution in [0, 0.1) is 6.92 Å². The van der Waals surface area contributed by atoms with Crippen LogP contribution in [-0.4, -0.2) is 35.1 Å². The van der Waals surface area contributed by atoms with E-state index in [1.807, 2.05) is 24.4 Å². The first-order valence-electron chi connectivity index (χ1n) is 9.69. The normalized spacial score (nSPS) is 20.8. The van der Waals surface area contributed by atoms with E-state index >= 15 is 0 Å². The van der Waals surface area contributed by atoms with Crippen LogP contribution in [0.4, 0.5) is 5.69 Å².